The predicted octanol–water partition coefficient (Wildman–Crippen LogP) is 5.32. The van der Waals surface area contributed by atoms with Crippen LogP contribution in [0.1, 0.15) is 16.2 Å². The quantitative estimate of drug-likeness (QED) is 0.654. The van der Waals surface area contributed by atoms with Crippen LogP contribution >= 0.6 is 43.5 Å². The van der Waals surface area contributed by atoms with Crippen LogP contribution < -0.4 is 0 Å². The lowest BCUT2D eigenvalue weighted by Crippen LogP contribution is -1.91. The first-order chi connectivity index (χ1) is 7.58. The van der Waals surface area contributed by atoms with Crippen LogP contribution in [0.5, 0.6) is 0 Å². The van der Waals surface area contributed by atoms with Gasteiger partial charge in [-0.2, -0.15) is 0 Å². The molecule has 0 spiro atoms. The van der Waals surface area contributed by atoms with Crippen LogP contribution in [0.25, 0.3) is 0 Å². The molecule has 1 atom stereocenters. The Labute approximate surface area is 114 Å². The number of hydrogen-bond acceptors (Lipinski definition) is 1. The number of halogens is 4. The monoisotopic (exact) mass is 366 g/mol. The normalized spacial score (nSPS) is 12.8. The highest BCUT2D eigenvalue weighted by molar-refractivity contribution is 9.10. The van der Waals surface area contributed by atoms with Crippen molar-refractivity contribution in [3.8, 4) is 0 Å². The van der Waals surface area contributed by atoms with E-state index in [0.717, 1.165) is 5.56 Å². The molecule has 16 heavy (non-hydrogen) atoms. The Hall–Kier alpha value is -0.320. The molecule has 0 bridgehead atoms. The van der Waals surface area contributed by atoms with Crippen molar-refractivity contribution in [2.24, 2.45) is 0 Å². The third kappa shape index (κ3) is 2.50. The highest BCUT2D eigenvalue weighted by atomic mass is 79.9. The number of hydrogen-bond donors (Lipinski definition) is 0. The van der Waals surface area contributed by atoms with Crippen LogP contribution in [0.3, 0.4) is 0 Å². The van der Waals surface area contributed by atoms with Crippen molar-refractivity contribution in [3.05, 3.63) is 57.2 Å². The smallest absolute Gasteiger partial charge is 0.193 e. The van der Waals surface area contributed by atoms with Gasteiger partial charge in [0.15, 0.2) is 5.22 Å². The Morgan fingerprint density at radius 1 is 1.25 bits per heavy atom. The standard InChI is InChI=1S/C11H6Br2ClFO/c12-7-5-6(1-2-8(7)15)11(13)9-3-4-10(14)16-9/h1-5,11H. The first-order valence-corrected chi connectivity index (χ1v) is 6.51. The summed E-state index contributed by atoms with van der Waals surface area (Å²) in [6, 6.07) is 8.24. The van der Waals surface area contributed by atoms with Gasteiger partial charge in [-0.15, -0.1) is 0 Å². The van der Waals surface area contributed by atoms with Gasteiger partial charge in [0.05, 0.1) is 9.30 Å². The SMILES string of the molecule is Fc1ccc(C(Br)c2ccc(Cl)o2)cc1Br. The lowest BCUT2D eigenvalue weighted by molar-refractivity contribution is 0.521. The molecule has 1 nitrogen and oxygen atoms in total. The number of benzene rings is 1. The molecule has 1 heterocycles. The second-order valence-corrected chi connectivity index (χ2v) is 5.32. The average Bonchev–Trinajstić information content (AvgIpc) is 2.68. The lowest BCUT2D eigenvalue weighted by atomic mass is 10.1. The first-order valence-electron chi connectivity index (χ1n) is 4.42. The number of alkyl halides is 1. The van der Waals surface area contributed by atoms with Gasteiger partial charge in [-0.05, 0) is 57.4 Å². The number of furan rings is 1. The first kappa shape index (κ1) is 12.1. The molecule has 2 rings (SSSR count). The zero-order chi connectivity index (χ0) is 11.7. The second kappa shape index (κ2) is 4.90. The Morgan fingerprint density at radius 3 is 2.56 bits per heavy atom. The molecule has 1 unspecified atom stereocenters. The minimum atomic E-state index is -0.291. The van der Waals surface area contributed by atoms with Crippen molar-refractivity contribution in [2.75, 3.05) is 0 Å². The van der Waals surface area contributed by atoms with Crippen molar-refractivity contribution in [3.63, 3.8) is 0 Å². The highest BCUT2D eigenvalue weighted by Crippen LogP contribution is 2.34. The maximum Gasteiger partial charge on any atom is 0.193 e. The van der Waals surface area contributed by atoms with Crippen LogP contribution in [0.15, 0.2) is 39.2 Å². The maximum absolute atomic E-state index is 13.1. The van der Waals surface area contributed by atoms with Crippen molar-refractivity contribution in [2.45, 2.75) is 4.83 Å². The zero-order valence-electron chi connectivity index (χ0n) is 7.88. The fourth-order valence-electron chi connectivity index (χ4n) is 1.30. The lowest BCUT2D eigenvalue weighted by Gasteiger charge is -2.07. The third-order valence-corrected chi connectivity index (χ3v) is 3.87. The Bertz CT molecular complexity index is 512. The van der Waals surface area contributed by atoms with Gasteiger partial charge in [0.2, 0.25) is 0 Å². The van der Waals surface area contributed by atoms with Crippen molar-refractivity contribution in [1.82, 2.24) is 0 Å². The fraction of sp³-hybridized carbons (Fsp3) is 0.0909. The molecule has 84 valence electrons. The van der Waals surface area contributed by atoms with Gasteiger partial charge in [0.25, 0.3) is 0 Å². The van der Waals surface area contributed by atoms with Gasteiger partial charge in [0.1, 0.15) is 11.6 Å². The summed E-state index contributed by atoms with van der Waals surface area (Å²) in [6.45, 7) is 0. The molecule has 0 aliphatic heterocycles. The highest BCUT2D eigenvalue weighted by Gasteiger charge is 2.15. The topological polar surface area (TPSA) is 13.1 Å². The van der Waals surface area contributed by atoms with Crippen LogP contribution in [-0.4, -0.2) is 0 Å². The average molecular weight is 368 g/mol. The predicted molar refractivity (Wildman–Crippen MR) is 68.6 cm³/mol. The van der Waals surface area contributed by atoms with Gasteiger partial charge >= 0.3 is 0 Å². The van der Waals surface area contributed by atoms with Crippen LogP contribution in [-0.2, 0) is 0 Å². The van der Waals surface area contributed by atoms with Crippen molar-refractivity contribution >= 4 is 43.5 Å². The van der Waals surface area contributed by atoms with E-state index in [0.29, 0.717) is 15.5 Å². The second-order valence-electron chi connectivity index (χ2n) is 3.18. The molecule has 5 heteroatoms. The van der Waals surface area contributed by atoms with E-state index < -0.39 is 0 Å². The Morgan fingerprint density at radius 2 is 2.00 bits per heavy atom. The summed E-state index contributed by atoms with van der Waals surface area (Å²) in [5, 5.41) is 0.334. The molecule has 2 aromatic rings. The van der Waals surface area contributed by atoms with Gasteiger partial charge in [-0.3, -0.25) is 0 Å². The molecule has 1 aromatic carbocycles. The van der Waals surface area contributed by atoms with E-state index in [1.165, 1.54) is 6.07 Å². The minimum absolute atomic E-state index is 0.142. The largest absolute Gasteiger partial charge is 0.448 e. The van der Waals surface area contributed by atoms with Gasteiger partial charge in [-0.1, -0.05) is 22.0 Å². The van der Waals surface area contributed by atoms with E-state index in [1.807, 2.05) is 0 Å². The van der Waals surface area contributed by atoms with E-state index in [-0.39, 0.29) is 10.6 Å². The van der Waals surface area contributed by atoms with Gasteiger partial charge < -0.3 is 4.42 Å². The molecule has 0 amide bonds. The minimum Gasteiger partial charge on any atom is -0.448 e. The van der Waals surface area contributed by atoms with Gasteiger partial charge in [0, 0.05) is 0 Å². The van der Waals surface area contributed by atoms with Gasteiger partial charge in [-0.25, -0.2) is 4.39 Å². The molecule has 0 N–H and O–H groups in total. The molecule has 1 aromatic heterocycles. The van der Waals surface area contributed by atoms with E-state index in [2.05, 4.69) is 31.9 Å². The molecular formula is C11H6Br2ClFO. The molecule has 0 saturated carbocycles. The van der Waals surface area contributed by atoms with E-state index >= 15 is 0 Å². The number of rotatable bonds is 2. The Balaban J connectivity index is 2.33. The molecule has 0 saturated heterocycles. The summed E-state index contributed by atoms with van der Waals surface area (Å²) in [7, 11) is 0. The molecule has 0 aliphatic carbocycles. The summed E-state index contributed by atoms with van der Waals surface area (Å²) in [6.07, 6.45) is 0. The summed E-state index contributed by atoms with van der Waals surface area (Å²) in [4.78, 5) is -0.142. The van der Waals surface area contributed by atoms with E-state index in [4.69, 9.17) is 16.0 Å². The molecule has 0 aliphatic rings. The zero-order valence-corrected chi connectivity index (χ0v) is 11.8. The molecular weight excluding hydrogens is 362 g/mol. The van der Waals surface area contributed by atoms with Crippen LogP contribution in [0, 0.1) is 5.82 Å². The molecule has 0 fully saturated rings. The summed E-state index contributed by atoms with van der Waals surface area (Å²) >= 11 is 12.3. The fourth-order valence-corrected chi connectivity index (χ4v) is 2.38. The van der Waals surface area contributed by atoms with Crippen molar-refractivity contribution in [1.29, 1.82) is 0 Å². The Kier molecular flexibility index (Phi) is 3.72. The van der Waals surface area contributed by atoms with Crippen LogP contribution in [0.2, 0.25) is 5.22 Å². The maximum atomic E-state index is 13.1. The third-order valence-electron chi connectivity index (χ3n) is 2.08. The molecule has 0 radical (unpaired) electrons. The summed E-state index contributed by atoms with van der Waals surface area (Å²) in [5.41, 5.74) is 0.888. The summed E-state index contributed by atoms with van der Waals surface area (Å²) < 4.78 is 18.8. The van der Waals surface area contributed by atoms with Crippen LogP contribution in [0.4, 0.5) is 4.39 Å². The van der Waals surface area contributed by atoms with E-state index in [1.54, 1.807) is 24.3 Å². The van der Waals surface area contributed by atoms with E-state index in [9.17, 15) is 4.39 Å². The summed E-state index contributed by atoms with van der Waals surface area (Å²) in [5.74, 6) is 0.393. The van der Waals surface area contributed by atoms with Crippen molar-refractivity contribution < 1.29 is 8.81 Å².